The summed E-state index contributed by atoms with van der Waals surface area (Å²) < 4.78 is 0. The van der Waals surface area contributed by atoms with Crippen LogP contribution in [-0.4, -0.2) is 56.2 Å². The number of aromatic amines is 2. The largest absolute Gasteiger partial charge is 0.358 e. The zero-order valence-corrected chi connectivity index (χ0v) is 23.9. The monoisotopic (exact) mass is 550 g/mol. The van der Waals surface area contributed by atoms with Gasteiger partial charge in [0.1, 0.15) is 0 Å². The van der Waals surface area contributed by atoms with Crippen LogP contribution in [-0.2, 0) is 20.4 Å². The van der Waals surface area contributed by atoms with Crippen molar-refractivity contribution in [1.82, 2.24) is 19.8 Å². The molecular formula is C33H34N4O4. The fourth-order valence-corrected chi connectivity index (χ4v) is 10.2. The number of aryl methyl sites for hydroxylation is 2. The number of rotatable bonds is 3. The van der Waals surface area contributed by atoms with Gasteiger partial charge in [-0.3, -0.25) is 19.2 Å². The van der Waals surface area contributed by atoms with Gasteiger partial charge in [0.15, 0.2) is 0 Å². The first-order valence-electron chi connectivity index (χ1n) is 15.0. The van der Waals surface area contributed by atoms with Gasteiger partial charge in [-0.05, 0) is 80.0 Å². The van der Waals surface area contributed by atoms with Crippen LogP contribution >= 0.6 is 0 Å². The summed E-state index contributed by atoms with van der Waals surface area (Å²) >= 11 is 0. The average Bonchev–Trinajstić information content (AvgIpc) is 3.53. The highest BCUT2D eigenvalue weighted by Crippen LogP contribution is 2.70. The second-order valence-electron chi connectivity index (χ2n) is 14.4. The summed E-state index contributed by atoms with van der Waals surface area (Å²) in [6, 6.07) is 0. The molecule has 4 atom stereocenters. The first kappa shape index (κ1) is 24.0. The van der Waals surface area contributed by atoms with Crippen molar-refractivity contribution in [3.05, 3.63) is 69.6 Å². The fourth-order valence-electron chi connectivity index (χ4n) is 10.2. The van der Waals surface area contributed by atoms with E-state index in [-0.39, 0.29) is 34.2 Å². The Balaban J connectivity index is 0.994. The maximum absolute atomic E-state index is 14.3. The Morgan fingerprint density at radius 1 is 0.829 bits per heavy atom. The lowest BCUT2D eigenvalue weighted by Crippen LogP contribution is -2.60. The van der Waals surface area contributed by atoms with Crippen LogP contribution in [0.3, 0.4) is 0 Å². The summed E-state index contributed by atoms with van der Waals surface area (Å²) in [6.07, 6.45) is 10.8. The zero-order valence-electron chi connectivity index (χ0n) is 23.9. The summed E-state index contributed by atoms with van der Waals surface area (Å²) in [6.45, 7) is 9.38. The highest BCUT2D eigenvalue weighted by molar-refractivity contribution is 6.09. The fraction of sp³-hybridized carbons (Fsp3) is 0.515. The Bertz CT molecular complexity index is 1750. The molecule has 5 aliphatic carbocycles. The van der Waals surface area contributed by atoms with Crippen LogP contribution in [0.2, 0.25) is 0 Å². The quantitative estimate of drug-likeness (QED) is 0.597. The van der Waals surface area contributed by atoms with E-state index in [4.69, 9.17) is 0 Å². The predicted molar refractivity (Wildman–Crippen MR) is 149 cm³/mol. The molecule has 8 heteroatoms. The van der Waals surface area contributed by atoms with Crippen molar-refractivity contribution < 1.29 is 19.2 Å². The lowest BCUT2D eigenvalue weighted by atomic mass is 9.51. The average molecular weight is 551 g/mol. The van der Waals surface area contributed by atoms with Crippen molar-refractivity contribution >= 4 is 23.4 Å². The van der Waals surface area contributed by atoms with Gasteiger partial charge in [-0.2, -0.15) is 0 Å². The van der Waals surface area contributed by atoms with E-state index in [1.54, 1.807) is 12.2 Å². The second kappa shape index (κ2) is 6.85. The maximum Gasteiger partial charge on any atom is 0.233 e. The van der Waals surface area contributed by atoms with Crippen LogP contribution in [0.15, 0.2) is 35.9 Å². The summed E-state index contributed by atoms with van der Waals surface area (Å²) in [5.41, 5.74) is 5.67. The standard InChI is InChI=1S/C33H34N4O4/c1-5-31(29(41)37-13-19-9-33(19)23(37)7-21(39)27-25(33)17(3)11-35-27)14-30(4,15-31)28(40)36-12-18-8-32(18)22(36)6-20(38)26-24(32)16(2)10-34-26/h6-7,10-11,18-19,34-35H,5,8-9,12-15H2,1-4H3. The first-order chi connectivity index (χ1) is 19.5. The Hall–Kier alpha value is -3.68. The number of piperidine rings is 2. The minimum absolute atomic E-state index is 0.0389. The molecule has 0 radical (unpaired) electrons. The zero-order chi connectivity index (χ0) is 28.4. The summed E-state index contributed by atoms with van der Waals surface area (Å²) in [4.78, 5) is 64.7. The van der Waals surface area contributed by atoms with E-state index in [0.29, 0.717) is 55.6 Å². The highest BCUT2D eigenvalue weighted by atomic mass is 16.2. The highest BCUT2D eigenvalue weighted by Gasteiger charge is 2.72. The number of allylic oxidation sites excluding steroid dienone is 4. The van der Waals surface area contributed by atoms with Crippen LogP contribution < -0.4 is 0 Å². The number of carbonyl (C=O) groups is 4. The van der Waals surface area contributed by atoms with Crippen molar-refractivity contribution in [3.8, 4) is 0 Å². The number of nitrogens with one attached hydrogen (secondary N) is 2. The Morgan fingerprint density at radius 3 is 1.76 bits per heavy atom. The Morgan fingerprint density at radius 2 is 1.29 bits per heavy atom. The van der Waals surface area contributed by atoms with E-state index >= 15 is 0 Å². The molecule has 5 fully saturated rings. The molecular weight excluding hydrogens is 516 g/mol. The van der Waals surface area contributed by atoms with Gasteiger partial charge in [0.05, 0.1) is 16.8 Å². The molecule has 2 amide bonds. The van der Waals surface area contributed by atoms with Crippen molar-refractivity contribution in [2.75, 3.05) is 13.1 Å². The summed E-state index contributed by atoms with van der Waals surface area (Å²) in [7, 11) is 0. The second-order valence-corrected chi connectivity index (χ2v) is 14.4. The van der Waals surface area contributed by atoms with E-state index in [0.717, 1.165) is 46.5 Å². The molecule has 210 valence electrons. The van der Waals surface area contributed by atoms with E-state index in [1.165, 1.54) is 0 Å². The molecule has 2 aromatic rings. The number of amides is 2. The van der Waals surface area contributed by atoms with Crippen LogP contribution in [0.25, 0.3) is 0 Å². The molecule has 2 spiro atoms. The van der Waals surface area contributed by atoms with Crippen molar-refractivity contribution in [2.24, 2.45) is 22.7 Å². The molecule has 2 aliphatic heterocycles. The maximum atomic E-state index is 14.3. The van der Waals surface area contributed by atoms with Crippen LogP contribution in [0.1, 0.15) is 89.2 Å². The van der Waals surface area contributed by atoms with Crippen molar-refractivity contribution in [3.63, 3.8) is 0 Å². The number of fused-ring (bicyclic) bond motifs is 2. The molecule has 4 heterocycles. The van der Waals surface area contributed by atoms with Crippen molar-refractivity contribution in [2.45, 2.75) is 70.6 Å². The lowest BCUT2D eigenvalue weighted by Gasteiger charge is -2.54. The normalized spacial score (nSPS) is 38.6. The van der Waals surface area contributed by atoms with Gasteiger partial charge in [0.25, 0.3) is 0 Å². The predicted octanol–water partition coefficient (Wildman–Crippen LogP) is 4.22. The molecule has 4 unspecified atom stereocenters. The van der Waals surface area contributed by atoms with Gasteiger partial charge in [-0.25, -0.2) is 0 Å². The number of aromatic nitrogens is 2. The molecule has 9 rings (SSSR count). The van der Waals surface area contributed by atoms with Crippen LogP contribution in [0, 0.1) is 36.5 Å². The smallest absolute Gasteiger partial charge is 0.233 e. The Kier molecular flexibility index (Phi) is 4.01. The third-order valence-electron chi connectivity index (χ3n) is 12.2. The van der Waals surface area contributed by atoms with Crippen molar-refractivity contribution in [1.29, 1.82) is 0 Å². The number of hydrogen-bond acceptors (Lipinski definition) is 4. The molecule has 7 aliphatic rings. The van der Waals surface area contributed by atoms with E-state index < -0.39 is 10.8 Å². The molecule has 2 N–H and O–H groups in total. The van der Waals surface area contributed by atoms with E-state index in [9.17, 15) is 19.2 Å². The first-order valence-corrected chi connectivity index (χ1v) is 15.0. The van der Waals surface area contributed by atoms with Crippen LogP contribution in [0.5, 0.6) is 0 Å². The Labute approximate surface area is 238 Å². The number of H-pyrrole nitrogens is 2. The SMILES string of the molecule is CCC1(C(=O)N2CC3CC34C2=CC(=O)c2[nH]cc(C)c24)CC(C)(C(=O)N2CC3CC34C2=CC(=O)c2[nH]cc(C)c24)C1. The van der Waals surface area contributed by atoms with Gasteiger partial charge in [-0.15, -0.1) is 0 Å². The molecule has 2 aromatic heterocycles. The molecule has 0 aromatic carbocycles. The van der Waals surface area contributed by atoms with Gasteiger partial charge in [-0.1, -0.05) is 13.8 Å². The van der Waals surface area contributed by atoms with Gasteiger partial charge in [0.2, 0.25) is 23.4 Å². The number of nitrogens with zero attached hydrogens (tertiary/aromatic N) is 2. The van der Waals surface area contributed by atoms with Gasteiger partial charge < -0.3 is 19.8 Å². The molecule has 8 nitrogen and oxygen atoms in total. The number of ketones is 2. The third kappa shape index (κ3) is 2.48. The number of hydrogen-bond donors (Lipinski definition) is 2. The van der Waals surface area contributed by atoms with Crippen LogP contribution in [0.4, 0.5) is 0 Å². The van der Waals surface area contributed by atoms with Gasteiger partial charge >= 0.3 is 0 Å². The lowest BCUT2D eigenvalue weighted by molar-refractivity contribution is -0.167. The molecule has 2 saturated heterocycles. The molecule has 41 heavy (non-hydrogen) atoms. The minimum Gasteiger partial charge on any atom is -0.358 e. The third-order valence-corrected chi connectivity index (χ3v) is 12.2. The summed E-state index contributed by atoms with van der Waals surface area (Å²) in [5.74, 6) is 0.658. The summed E-state index contributed by atoms with van der Waals surface area (Å²) in [5, 5.41) is 0. The number of carbonyl (C=O) groups excluding carboxylic acids is 4. The molecule has 3 saturated carbocycles. The van der Waals surface area contributed by atoms with Gasteiger partial charge in [0, 0.05) is 65.3 Å². The minimum atomic E-state index is -0.664. The van der Waals surface area contributed by atoms with E-state index in [2.05, 4.69) is 9.97 Å². The van der Waals surface area contributed by atoms with E-state index in [1.807, 2.05) is 49.9 Å². The topological polar surface area (TPSA) is 106 Å². The molecule has 0 bridgehead atoms. The number of likely N-dealkylation sites (tertiary alicyclic amines) is 2.